The van der Waals surface area contributed by atoms with Crippen LogP contribution in [0.4, 0.5) is 0 Å². The molecule has 0 spiro atoms. The molecule has 7 rings (SSSR count). The Morgan fingerprint density at radius 3 is 1.28 bits per heavy atom. The molecule has 1 heteroatoms. The highest BCUT2D eigenvalue weighted by atomic mass is 28.2. The van der Waals surface area contributed by atoms with Gasteiger partial charge in [-0.25, -0.2) is 0 Å². The van der Waals surface area contributed by atoms with Crippen LogP contribution in [0.2, 0.25) is 0 Å². The van der Waals surface area contributed by atoms with Crippen molar-refractivity contribution in [2.75, 3.05) is 0 Å². The quantitative estimate of drug-likeness (QED) is 0.359. The zero-order valence-electron chi connectivity index (χ0n) is 13.4. The van der Waals surface area contributed by atoms with Gasteiger partial charge in [-0.15, -0.1) is 0 Å². The monoisotopic (exact) mass is 328 g/mol. The van der Waals surface area contributed by atoms with Gasteiger partial charge in [0.15, 0.2) is 0 Å². The molecule has 3 aliphatic rings. The summed E-state index contributed by atoms with van der Waals surface area (Å²) in [6.45, 7) is 0. The Labute approximate surface area is 147 Å². The lowest BCUT2D eigenvalue weighted by Crippen LogP contribution is -1.95. The van der Waals surface area contributed by atoms with Gasteiger partial charge in [-0.2, -0.15) is 0 Å². The predicted octanol–water partition coefficient (Wildman–Crippen LogP) is 5.77. The Morgan fingerprint density at radius 2 is 0.840 bits per heavy atom. The first-order valence-corrected chi connectivity index (χ1v) is 9.73. The summed E-state index contributed by atoms with van der Waals surface area (Å²) < 4.78 is 0. The molecule has 0 nitrogen and oxygen atoms in total. The van der Waals surface area contributed by atoms with E-state index in [1.807, 2.05) is 0 Å². The van der Waals surface area contributed by atoms with Crippen LogP contribution >= 0.6 is 0 Å². The van der Waals surface area contributed by atoms with Crippen LogP contribution in [0, 0.1) is 0 Å². The Balaban J connectivity index is 1.62. The first kappa shape index (κ1) is 12.5. The van der Waals surface area contributed by atoms with E-state index in [2.05, 4.69) is 72.8 Å². The second-order valence-electron chi connectivity index (χ2n) is 7.04. The molecule has 0 fully saturated rings. The van der Waals surface area contributed by atoms with Gasteiger partial charge in [0, 0.05) is 0 Å². The minimum atomic E-state index is 0.759. The SMILES string of the molecule is c1cc2c3c(cccc3c1)C1=C2[Si]C2=C1c1cccc3cccc2c13. The van der Waals surface area contributed by atoms with Crippen molar-refractivity contribution in [2.45, 2.75) is 0 Å². The van der Waals surface area contributed by atoms with Gasteiger partial charge >= 0.3 is 0 Å². The van der Waals surface area contributed by atoms with E-state index in [0.717, 1.165) is 9.52 Å². The Morgan fingerprint density at radius 1 is 0.440 bits per heavy atom. The molecule has 0 N–H and O–H groups in total. The Bertz CT molecular complexity index is 1240. The van der Waals surface area contributed by atoms with E-state index in [4.69, 9.17) is 0 Å². The summed E-state index contributed by atoms with van der Waals surface area (Å²) in [5.74, 6) is 0. The fraction of sp³-hybridized carbons (Fsp3) is 0. The van der Waals surface area contributed by atoms with Gasteiger partial charge in [0.05, 0.1) is 0 Å². The third kappa shape index (κ3) is 1.29. The van der Waals surface area contributed by atoms with Crippen LogP contribution < -0.4 is 0 Å². The highest BCUT2D eigenvalue weighted by Crippen LogP contribution is 2.58. The molecule has 1 heterocycles. The molecule has 4 aromatic rings. The maximum absolute atomic E-state index is 2.32. The van der Waals surface area contributed by atoms with Crippen LogP contribution in [-0.4, -0.2) is 9.52 Å². The molecular formula is C24H12Si. The van der Waals surface area contributed by atoms with Gasteiger partial charge in [-0.05, 0) is 65.3 Å². The van der Waals surface area contributed by atoms with Gasteiger partial charge in [0.1, 0.15) is 9.52 Å². The molecule has 0 saturated heterocycles. The third-order valence-corrected chi connectivity index (χ3v) is 7.43. The number of rotatable bonds is 0. The molecule has 112 valence electrons. The van der Waals surface area contributed by atoms with Crippen molar-refractivity contribution in [3.05, 3.63) is 95.1 Å². The van der Waals surface area contributed by atoms with Crippen molar-refractivity contribution in [3.63, 3.8) is 0 Å². The van der Waals surface area contributed by atoms with E-state index < -0.39 is 0 Å². The van der Waals surface area contributed by atoms with E-state index >= 15 is 0 Å². The van der Waals surface area contributed by atoms with Crippen LogP contribution in [0.15, 0.2) is 72.8 Å². The van der Waals surface area contributed by atoms with E-state index in [-0.39, 0.29) is 0 Å². The summed E-state index contributed by atoms with van der Waals surface area (Å²) >= 11 is 0. The topological polar surface area (TPSA) is 0 Å². The fourth-order valence-electron chi connectivity index (χ4n) is 4.96. The average molecular weight is 328 g/mol. The number of fused-ring (bicyclic) bond motifs is 5. The lowest BCUT2D eigenvalue weighted by molar-refractivity contribution is 1.69. The average Bonchev–Trinajstić information content (AvgIpc) is 3.28. The van der Waals surface area contributed by atoms with Gasteiger partial charge in [0.25, 0.3) is 0 Å². The van der Waals surface area contributed by atoms with Gasteiger partial charge < -0.3 is 0 Å². The smallest absolute Gasteiger partial charge is 0.0610 e. The van der Waals surface area contributed by atoms with Crippen molar-refractivity contribution < 1.29 is 0 Å². The molecule has 2 aliphatic carbocycles. The van der Waals surface area contributed by atoms with Crippen molar-refractivity contribution >= 4 is 52.6 Å². The van der Waals surface area contributed by atoms with Crippen LogP contribution in [0.1, 0.15) is 22.3 Å². The lowest BCUT2D eigenvalue weighted by atomic mass is 9.94. The van der Waals surface area contributed by atoms with E-state index in [0.29, 0.717) is 0 Å². The summed E-state index contributed by atoms with van der Waals surface area (Å²) in [6, 6.07) is 27.1. The number of benzene rings is 4. The maximum Gasteiger partial charge on any atom is 0.124 e. The summed E-state index contributed by atoms with van der Waals surface area (Å²) in [5, 5.41) is 8.76. The highest BCUT2D eigenvalue weighted by Gasteiger charge is 2.38. The van der Waals surface area contributed by atoms with Crippen LogP contribution in [0.3, 0.4) is 0 Å². The molecule has 0 saturated carbocycles. The minimum absolute atomic E-state index is 0.759. The van der Waals surface area contributed by atoms with Crippen LogP contribution in [0.5, 0.6) is 0 Å². The summed E-state index contributed by atoms with van der Waals surface area (Å²) in [5.41, 5.74) is 8.80. The molecule has 0 atom stereocenters. The molecule has 0 aromatic heterocycles. The van der Waals surface area contributed by atoms with E-state index in [1.165, 1.54) is 54.9 Å². The fourth-order valence-corrected chi connectivity index (χ4v) is 6.66. The standard InChI is InChI=1S/C24H12Si/c1-5-13-7-3-11-17-19(13)15(9-1)21-22-16-10-2-6-14-8-4-12-18(20(14)16)24(22)25-23(17)21/h1-12H. The molecule has 2 radical (unpaired) electrons. The normalized spacial score (nSPS) is 16.3. The third-order valence-electron chi connectivity index (χ3n) is 5.89. The largest absolute Gasteiger partial charge is 0.124 e. The van der Waals surface area contributed by atoms with Crippen molar-refractivity contribution in [1.82, 2.24) is 0 Å². The zero-order chi connectivity index (χ0) is 16.1. The molecule has 25 heavy (non-hydrogen) atoms. The van der Waals surface area contributed by atoms with Crippen LogP contribution in [-0.2, 0) is 0 Å². The Hall–Kier alpha value is -2.90. The second kappa shape index (κ2) is 4.01. The first-order valence-electron chi connectivity index (χ1n) is 8.73. The van der Waals surface area contributed by atoms with E-state index in [9.17, 15) is 0 Å². The van der Waals surface area contributed by atoms with Gasteiger partial charge in [-0.3, -0.25) is 0 Å². The highest BCUT2D eigenvalue weighted by molar-refractivity contribution is 6.89. The molecule has 0 unspecified atom stereocenters. The predicted molar refractivity (Wildman–Crippen MR) is 107 cm³/mol. The number of allylic oxidation sites excluding steroid dienone is 2. The summed E-state index contributed by atoms with van der Waals surface area (Å²) in [4.78, 5) is 0. The van der Waals surface area contributed by atoms with Crippen molar-refractivity contribution in [3.8, 4) is 0 Å². The van der Waals surface area contributed by atoms with E-state index in [1.54, 1.807) is 10.4 Å². The van der Waals surface area contributed by atoms with Crippen molar-refractivity contribution in [2.24, 2.45) is 0 Å². The zero-order valence-corrected chi connectivity index (χ0v) is 14.4. The van der Waals surface area contributed by atoms with Crippen molar-refractivity contribution in [1.29, 1.82) is 0 Å². The number of hydrogen-bond donors (Lipinski definition) is 0. The second-order valence-corrected chi connectivity index (χ2v) is 8.29. The first-order chi connectivity index (χ1) is 12.4. The molecule has 0 amide bonds. The molecule has 1 aliphatic heterocycles. The lowest BCUT2D eigenvalue weighted by Gasteiger charge is -2.09. The van der Waals surface area contributed by atoms with Crippen LogP contribution in [0.25, 0.3) is 43.1 Å². The number of hydrogen-bond acceptors (Lipinski definition) is 0. The molecular weight excluding hydrogens is 316 g/mol. The molecule has 4 aromatic carbocycles. The summed E-state index contributed by atoms with van der Waals surface area (Å²) in [6.07, 6.45) is 0. The maximum atomic E-state index is 2.32. The Kier molecular flexibility index (Phi) is 2.00. The summed E-state index contributed by atoms with van der Waals surface area (Å²) in [7, 11) is 0.759. The molecule has 0 bridgehead atoms. The van der Waals surface area contributed by atoms with Gasteiger partial charge in [-0.1, -0.05) is 72.8 Å². The minimum Gasteiger partial charge on any atom is -0.0610 e. The van der Waals surface area contributed by atoms with Gasteiger partial charge in [0.2, 0.25) is 0 Å².